The highest BCUT2D eigenvalue weighted by Crippen LogP contribution is 2.54. The molecule has 5 nitrogen and oxygen atoms in total. The molecular weight excluding hydrogens is 361 g/mol. The van der Waals surface area contributed by atoms with E-state index in [0.717, 1.165) is 48.4 Å². The summed E-state index contributed by atoms with van der Waals surface area (Å²) in [4.78, 5) is 15.6. The standard InChI is InChI=1S/C22H20FNO4/c23-14-3-4-18-16(9-14)22(21(25)24(18)11-15-2-1-6-26-15)12-28-20-10-19-13(5-7-27-19)8-17(20)22/h3-4,8-10,15H,1-2,5-7,11-12H2/t15-,22?/m1/s1. The van der Waals surface area contributed by atoms with Gasteiger partial charge in [-0.25, -0.2) is 4.39 Å². The molecule has 6 rings (SSSR count). The summed E-state index contributed by atoms with van der Waals surface area (Å²) in [5.74, 6) is 1.07. The van der Waals surface area contributed by atoms with Crippen LogP contribution in [0.5, 0.6) is 11.5 Å². The van der Waals surface area contributed by atoms with Gasteiger partial charge in [0.05, 0.1) is 19.3 Å². The van der Waals surface area contributed by atoms with Gasteiger partial charge in [-0.3, -0.25) is 4.79 Å². The number of anilines is 1. The number of nitrogens with zero attached hydrogens (tertiary/aromatic N) is 1. The fraction of sp³-hybridized carbons (Fsp3) is 0.409. The lowest BCUT2D eigenvalue weighted by Crippen LogP contribution is -2.45. The minimum atomic E-state index is -0.997. The maximum Gasteiger partial charge on any atom is 0.245 e. The topological polar surface area (TPSA) is 48.0 Å². The molecule has 0 saturated carbocycles. The number of halogens is 1. The summed E-state index contributed by atoms with van der Waals surface area (Å²) in [5, 5.41) is 0. The first-order valence-corrected chi connectivity index (χ1v) is 9.83. The maximum atomic E-state index is 14.2. The number of rotatable bonds is 2. The van der Waals surface area contributed by atoms with Crippen LogP contribution in [0, 0.1) is 5.82 Å². The minimum absolute atomic E-state index is 0.0206. The molecule has 1 unspecified atom stereocenters. The molecule has 1 amide bonds. The zero-order valence-corrected chi connectivity index (χ0v) is 15.4. The number of amides is 1. The Labute approximate surface area is 162 Å². The minimum Gasteiger partial charge on any atom is -0.493 e. The monoisotopic (exact) mass is 381 g/mol. The van der Waals surface area contributed by atoms with Gasteiger partial charge in [0.15, 0.2) is 0 Å². The molecule has 2 aromatic carbocycles. The van der Waals surface area contributed by atoms with E-state index in [2.05, 4.69) is 0 Å². The van der Waals surface area contributed by atoms with Crippen molar-refractivity contribution in [2.24, 2.45) is 0 Å². The van der Waals surface area contributed by atoms with E-state index in [1.54, 1.807) is 11.0 Å². The lowest BCUT2D eigenvalue weighted by molar-refractivity contribution is -0.122. The van der Waals surface area contributed by atoms with Crippen molar-refractivity contribution in [1.29, 1.82) is 0 Å². The van der Waals surface area contributed by atoms with Gasteiger partial charge in [-0.15, -0.1) is 0 Å². The molecule has 1 saturated heterocycles. The smallest absolute Gasteiger partial charge is 0.245 e. The Hall–Kier alpha value is -2.60. The Morgan fingerprint density at radius 2 is 2.04 bits per heavy atom. The molecule has 4 heterocycles. The van der Waals surface area contributed by atoms with E-state index < -0.39 is 5.41 Å². The van der Waals surface area contributed by atoms with Crippen LogP contribution < -0.4 is 14.4 Å². The van der Waals surface area contributed by atoms with Gasteiger partial charge >= 0.3 is 0 Å². The van der Waals surface area contributed by atoms with Crippen LogP contribution >= 0.6 is 0 Å². The van der Waals surface area contributed by atoms with Crippen LogP contribution in [0.25, 0.3) is 0 Å². The Balaban J connectivity index is 1.51. The van der Waals surface area contributed by atoms with Crippen molar-refractivity contribution >= 4 is 11.6 Å². The average molecular weight is 381 g/mol. The molecule has 0 radical (unpaired) electrons. The van der Waals surface area contributed by atoms with Gasteiger partial charge in [0.1, 0.15) is 29.3 Å². The van der Waals surface area contributed by atoms with Crippen LogP contribution in [-0.4, -0.2) is 38.4 Å². The van der Waals surface area contributed by atoms with Gasteiger partial charge in [0.25, 0.3) is 0 Å². The predicted molar refractivity (Wildman–Crippen MR) is 99.6 cm³/mol. The van der Waals surface area contributed by atoms with Gasteiger partial charge in [-0.2, -0.15) is 0 Å². The Kier molecular flexibility index (Phi) is 3.33. The molecule has 4 aliphatic heterocycles. The van der Waals surface area contributed by atoms with Crippen LogP contribution in [0.1, 0.15) is 29.5 Å². The molecule has 4 aliphatic rings. The second-order valence-corrected chi connectivity index (χ2v) is 7.96. The van der Waals surface area contributed by atoms with Gasteiger partial charge in [-0.1, -0.05) is 0 Å². The predicted octanol–water partition coefficient (Wildman–Crippen LogP) is 2.96. The number of hydrogen-bond donors (Lipinski definition) is 0. The Morgan fingerprint density at radius 3 is 2.89 bits per heavy atom. The molecular formula is C22H20FNO4. The quantitative estimate of drug-likeness (QED) is 0.803. The van der Waals surface area contributed by atoms with Crippen molar-refractivity contribution in [1.82, 2.24) is 0 Å². The largest absolute Gasteiger partial charge is 0.493 e. The first kappa shape index (κ1) is 16.4. The van der Waals surface area contributed by atoms with E-state index in [4.69, 9.17) is 14.2 Å². The summed E-state index contributed by atoms with van der Waals surface area (Å²) in [6.07, 6.45) is 2.77. The highest BCUT2D eigenvalue weighted by atomic mass is 19.1. The lowest BCUT2D eigenvalue weighted by Gasteiger charge is -2.25. The second-order valence-electron chi connectivity index (χ2n) is 7.96. The summed E-state index contributed by atoms with van der Waals surface area (Å²) in [5.41, 5.74) is 2.35. The number of hydrogen-bond acceptors (Lipinski definition) is 4. The molecule has 0 aliphatic carbocycles. The SMILES string of the molecule is O=C1N(C[C@H]2CCCO2)c2ccc(F)cc2C12COc1cc3c(cc12)CCO3. The van der Waals surface area contributed by atoms with E-state index in [-0.39, 0.29) is 24.4 Å². The van der Waals surface area contributed by atoms with Gasteiger partial charge < -0.3 is 19.1 Å². The van der Waals surface area contributed by atoms with Crippen LogP contribution in [0.2, 0.25) is 0 Å². The molecule has 28 heavy (non-hydrogen) atoms. The fourth-order valence-corrected chi connectivity index (χ4v) is 5.04. The van der Waals surface area contributed by atoms with E-state index in [0.29, 0.717) is 24.5 Å². The van der Waals surface area contributed by atoms with Crippen LogP contribution in [0.4, 0.5) is 10.1 Å². The fourth-order valence-electron chi connectivity index (χ4n) is 5.04. The average Bonchev–Trinajstić information content (AvgIpc) is 3.46. The first-order valence-electron chi connectivity index (χ1n) is 9.83. The number of carbonyl (C=O) groups is 1. The molecule has 0 aromatic heterocycles. The third kappa shape index (κ3) is 2.07. The highest BCUT2D eigenvalue weighted by molar-refractivity contribution is 6.11. The molecule has 2 atom stereocenters. The third-order valence-electron chi connectivity index (χ3n) is 6.43. The number of carbonyl (C=O) groups excluding carboxylic acids is 1. The Bertz CT molecular complexity index is 1000. The number of fused-ring (bicyclic) bond motifs is 5. The Morgan fingerprint density at radius 1 is 1.11 bits per heavy atom. The summed E-state index contributed by atoms with van der Waals surface area (Å²) < 4.78 is 31.6. The molecule has 0 bridgehead atoms. The first-order chi connectivity index (χ1) is 13.7. The lowest BCUT2D eigenvalue weighted by atomic mass is 9.76. The van der Waals surface area contributed by atoms with Crippen LogP contribution in [0.15, 0.2) is 30.3 Å². The summed E-state index contributed by atoms with van der Waals surface area (Å²) in [6, 6.07) is 8.51. The number of benzene rings is 2. The van der Waals surface area contributed by atoms with E-state index in [1.165, 1.54) is 12.1 Å². The molecule has 2 aromatic rings. The van der Waals surface area contributed by atoms with Crippen molar-refractivity contribution in [3.05, 3.63) is 52.8 Å². The van der Waals surface area contributed by atoms with E-state index in [9.17, 15) is 9.18 Å². The molecule has 1 fully saturated rings. The van der Waals surface area contributed by atoms with Gasteiger partial charge in [0.2, 0.25) is 5.91 Å². The molecule has 144 valence electrons. The van der Waals surface area contributed by atoms with Crippen LogP contribution in [0.3, 0.4) is 0 Å². The third-order valence-corrected chi connectivity index (χ3v) is 6.43. The maximum absolute atomic E-state index is 14.2. The van der Waals surface area contributed by atoms with E-state index >= 15 is 0 Å². The summed E-state index contributed by atoms with van der Waals surface area (Å²) >= 11 is 0. The van der Waals surface area contributed by atoms with Crippen molar-refractivity contribution < 1.29 is 23.4 Å². The van der Waals surface area contributed by atoms with Gasteiger partial charge in [-0.05, 0) is 42.7 Å². The molecule has 6 heteroatoms. The normalized spacial score (nSPS) is 27.0. The molecule has 1 spiro atoms. The summed E-state index contributed by atoms with van der Waals surface area (Å²) in [6.45, 7) is 2.03. The second kappa shape index (κ2) is 5.70. The van der Waals surface area contributed by atoms with Crippen molar-refractivity contribution in [3.63, 3.8) is 0 Å². The number of ether oxygens (including phenoxy) is 3. The zero-order chi connectivity index (χ0) is 18.9. The van der Waals surface area contributed by atoms with E-state index in [1.807, 2.05) is 12.1 Å². The van der Waals surface area contributed by atoms with Crippen LogP contribution in [-0.2, 0) is 21.4 Å². The van der Waals surface area contributed by atoms with Crippen molar-refractivity contribution in [2.75, 3.05) is 31.3 Å². The molecule has 0 N–H and O–H groups in total. The summed E-state index contributed by atoms with van der Waals surface area (Å²) in [7, 11) is 0. The zero-order valence-electron chi connectivity index (χ0n) is 15.4. The van der Waals surface area contributed by atoms with Gasteiger partial charge in [0, 0.05) is 35.9 Å². The van der Waals surface area contributed by atoms with Crippen molar-refractivity contribution in [2.45, 2.75) is 30.8 Å². The van der Waals surface area contributed by atoms with Crippen molar-refractivity contribution in [3.8, 4) is 11.5 Å². The highest BCUT2D eigenvalue weighted by Gasteiger charge is 2.57.